The molecular weight excluding hydrogens is 230 g/mol. The lowest BCUT2D eigenvalue weighted by atomic mass is 10.1. The molecule has 1 N–H and O–H groups in total. The SMILES string of the molecule is CC(C)OCCN(C)Cc1ccc(C(=O)O)cc1. The second-order valence-corrected chi connectivity index (χ2v) is 4.66. The first kappa shape index (κ1) is 14.7. The van der Waals surface area contributed by atoms with Crippen molar-refractivity contribution in [1.82, 2.24) is 4.90 Å². The normalized spacial score (nSPS) is 11.2. The van der Waals surface area contributed by atoms with Gasteiger partial charge in [-0.1, -0.05) is 12.1 Å². The fourth-order valence-corrected chi connectivity index (χ4v) is 1.59. The van der Waals surface area contributed by atoms with Crippen LogP contribution in [0, 0.1) is 0 Å². The van der Waals surface area contributed by atoms with Crippen molar-refractivity contribution >= 4 is 5.97 Å². The molecule has 0 aliphatic carbocycles. The maximum atomic E-state index is 10.7. The number of rotatable bonds is 7. The third-order valence-electron chi connectivity index (χ3n) is 2.58. The molecule has 0 fully saturated rings. The predicted octanol–water partition coefficient (Wildman–Crippen LogP) is 2.24. The summed E-state index contributed by atoms with van der Waals surface area (Å²) in [7, 11) is 2.02. The molecule has 0 spiro atoms. The lowest BCUT2D eigenvalue weighted by molar-refractivity contribution is 0.0627. The van der Waals surface area contributed by atoms with Crippen molar-refractivity contribution in [2.45, 2.75) is 26.5 Å². The van der Waals surface area contributed by atoms with Crippen LogP contribution in [0.5, 0.6) is 0 Å². The van der Waals surface area contributed by atoms with Gasteiger partial charge in [0.1, 0.15) is 0 Å². The molecule has 0 aromatic heterocycles. The van der Waals surface area contributed by atoms with E-state index in [9.17, 15) is 4.79 Å². The van der Waals surface area contributed by atoms with Crippen LogP contribution in [0.3, 0.4) is 0 Å². The van der Waals surface area contributed by atoms with Gasteiger partial charge in [-0.25, -0.2) is 4.79 Å². The zero-order valence-electron chi connectivity index (χ0n) is 11.2. The van der Waals surface area contributed by atoms with E-state index in [0.717, 1.165) is 18.7 Å². The van der Waals surface area contributed by atoms with Gasteiger partial charge >= 0.3 is 5.97 Å². The van der Waals surface area contributed by atoms with Crippen LogP contribution in [-0.4, -0.2) is 42.3 Å². The first-order valence-electron chi connectivity index (χ1n) is 6.11. The summed E-state index contributed by atoms with van der Waals surface area (Å²) in [6.07, 6.45) is 0.258. The van der Waals surface area contributed by atoms with Crippen LogP contribution in [0.25, 0.3) is 0 Å². The van der Waals surface area contributed by atoms with Gasteiger partial charge in [-0.2, -0.15) is 0 Å². The van der Waals surface area contributed by atoms with Gasteiger partial charge in [-0.3, -0.25) is 4.90 Å². The topological polar surface area (TPSA) is 49.8 Å². The number of carbonyl (C=O) groups is 1. The summed E-state index contributed by atoms with van der Waals surface area (Å²) in [5, 5.41) is 8.80. The number of hydrogen-bond acceptors (Lipinski definition) is 3. The fourth-order valence-electron chi connectivity index (χ4n) is 1.59. The van der Waals surface area contributed by atoms with Crippen molar-refractivity contribution in [3.8, 4) is 0 Å². The smallest absolute Gasteiger partial charge is 0.335 e. The predicted molar refractivity (Wildman–Crippen MR) is 70.8 cm³/mol. The molecule has 4 heteroatoms. The van der Waals surface area contributed by atoms with Crippen LogP contribution in [0.2, 0.25) is 0 Å². The Bertz CT molecular complexity index is 373. The quantitative estimate of drug-likeness (QED) is 0.807. The average molecular weight is 251 g/mol. The lowest BCUT2D eigenvalue weighted by Gasteiger charge is -2.17. The van der Waals surface area contributed by atoms with Crippen LogP contribution < -0.4 is 0 Å². The second kappa shape index (κ2) is 7.13. The summed E-state index contributed by atoms with van der Waals surface area (Å²) >= 11 is 0. The maximum Gasteiger partial charge on any atom is 0.335 e. The molecule has 0 saturated carbocycles. The molecule has 18 heavy (non-hydrogen) atoms. The highest BCUT2D eigenvalue weighted by Gasteiger charge is 2.04. The van der Waals surface area contributed by atoms with Crippen molar-refractivity contribution in [3.63, 3.8) is 0 Å². The molecule has 0 heterocycles. The molecule has 0 aliphatic heterocycles. The summed E-state index contributed by atoms with van der Waals surface area (Å²) in [4.78, 5) is 12.9. The van der Waals surface area contributed by atoms with E-state index < -0.39 is 5.97 Å². The Morgan fingerprint density at radius 1 is 1.33 bits per heavy atom. The summed E-state index contributed by atoms with van der Waals surface area (Å²) in [6.45, 7) is 6.40. The largest absolute Gasteiger partial charge is 0.478 e. The van der Waals surface area contributed by atoms with E-state index in [1.54, 1.807) is 12.1 Å². The van der Waals surface area contributed by atoms with Crippen LogP contribution in [0.4, 0.5) is 0 Å². The number of hydrogen-bond donors (Lipinski definition) is 1. The number of likely N-dealkylation sites (N-methyl/N-ethyl adjacent to an activating group) is 1. The Morgan fingerprint density at radius 3 is 2.44 bits per heavy atom. The number of carboxylic acid groups (broad SMARTS) is 1. The highest BCUT2D eigenvalue weighted by Crippen LogP contribution is 2.06. The van der Waals surface area contributed by atoms with Crippen LogP contribution in [0.1, 0.15) is 29.8 Å². The van der Waals surface area contributed by atoms with Crippen LogP contribution >= 0.6 is 0 Å². The van der Waals surface area contributed by atoms with Gasteiger partial charge in [0.05, 0.1) is 18.3 Å². The van der Waals surface area contributed by atoms with Gasteiger partial charge in [-0.15, -0.1) is 0 Å². The molecule has 1 aromatic rings. The number of ether oxygens (including phenoxy) is 1. The molecule has 0 saturated heterocycles. The molecule has 100 valence electrons. The van der Waals surface area contributed by atoms with Crippen molar-refractivity contribution in [1.29, 1.82) is 0 Å². The van der Waals surface area contributed by atoms with Crippen molar-refractivity contribution in [2.24, 2.45) is 0 Å². The standard InChI is InChI=1S/C14H21NO3/c1-11(2)18-9-8-15(3)10-12-4-6-13(7-5-12)14(16)17/h4-7,11H,8-10H2,1-3H3,(H,16,17). The Labute approximate surface area is 108 Å². The molecular formula is C14H21NO3. The highest BCUT2D eigenvalue weighted by molar-refractivity contribution is 5.87. The molecule has 0 amide bonds. The van der Waals surface area contributed by atoms with Gasteiger partial charge in [0.15, 0.2) is 0 Å². The summed E-state index contributed by atoms with van der Waals surface area (Å²) in [5.41, 5.74) is 1.43. The molecule has 0 radical (unpaired) electrons. The first-order chi connectivity index (χ1) is 8.49. The minimum Gasteiger partial charge on any atom is -0.478 e. The van der Waals surface area contributed by atoms with E-state index in [1.165, 1.54) is 0 Å². The van der Waals surface area contributed by atoms with Gasteiger partial charge in [0.25, 0.3) is 0 Å². The van der Waals surface area contributed by atoms with Gasteiger partial charge in [0.2, 0.25) is 0 Å². The zero-order chi connectivity index (χ0) is 13.5. The number of benzene rings is 1. The first-order valence-corrected chi connectivity index (χ1v) is 6.11. The lowest BCUT2D eigenvalue weighted by Crippen LogP contribution is -2.24. The third kappa shape index (κ3) is 5.29. The van der Waals surface area contributed by atoms with Gasteiger partial charge in [0, 0.05) is 13.1 Å². The van der Waals surface area contributed by atoms with Gasteiger partial charge in [-0.05, 0) is 38.6 Å². The maximum absolute atomic E-state index is 10.7. The molecule has 0 atom stereocenters. The van der Waals surface area contributed by atoms with E-state index in [4.69, 9.17) is 9.84 Å². The van der Waals surface area contributed by atoms with E-state index in [2.05, 4.69) is 4.90 Å². The summed E-state index contributed by atoms with van der Waals surface area (Å²) in [5.74, 6) is -0.889. The zero-order valence-corrected chi connectivity index (χ0v) is 11.2. The Kier molecular flexibility index (Phi) is 5.82. The number of nitrogens with zero attached hydrogens (tertiary/aromatic N) is 1. The summed E-state index contributed by atoms with van der Waals surface area (Å²) < 4.78 is 5.48. The van der Waals surface area contributed by atoms with Crippen LogP contribution in [0.15, 0.2) is 24.3 Å². The molecule has 0 unspecified atom stereocenters. The van der Waals surface area contributed by atoms with Crippen LogP contribution in [-0.2, 0) is 11.3 Å². The average Bonchev–Trinajstić information content (AvgIpc) is 2.29. The Morgan fingerprint density at radius 2 is 1.94 bits per heavy atom. The molecule has 0 aliphatic rings. The van der Waals surface area contributed by atoms with Crippen molar-refractivity contribution in [2.75, 3.05) is 20.2 Å². The van der Waals surface area contributed by atoms with Crippen molar-refractivity contribution in [3.05, 3.63) is 35.4 Å². The molecule has 4 nitrogen and oxygen atoms in total. The highest BCUT2D eigenvalue weighted by atomic mass is 16.5. The Balaban J connectivity index is 2.39. The van der Waals surface area contributed by atoms with Crippen molar-refractivity contribution < 1.29 is 14.6 Å². The fraction of sp³-hybridized carbons (Fsp3) is 0.500. The second-order valence-electron chi connectivity index (χ2n) is 4.66. The minimum atomic E-state index is -0.889. The van der Waals surface area contributed by atoms with E-state index >= 15 is 0 Å². The Hall–Kier alpha value is -1.39. The van der Waals surface area contributed by atoms with Gasteiger partial charge < -0.3 is 9.84 Å². The van der Waals surface area contributed by atoms with E-state index in [0.29, 0.717) is 12.2 Å². The monoisotopic (exact) mass is 251 g/mol. The molecule has 1 rings (SSSR count). The number of carboxylic acids is 1. The van der Waals surface area contributed by atoms with E-state index in [1.807, 2.05) is 33.0 Å². The molecule has 1 aromatic carbocycles. The molecule has 0 bridgehead atoms. The summed E-state index contributed by atoms with van der Waals surface area (Å²) in [6, 6.07) is 6.97. The third-order valence-corrected chi connectivity index (χ3v) is 2.58. The van der Waals surface area contributed by atoms with E-state index in [-0.39, 0.29) is 6.10 Å². The minimum absolute atomic E-state index is 0.258. The number of aromatic carboxylic acids is 1.